The Hall–Kier alpha value is -2.75. The summed E-state index contributed by atoms with van der Waals surface area (Å²) < 4.78 is 10.9. The lowest BCUT2D eigenvalue weighted by atomic mass is 10.0. The first-order valence-corrected chi connectivity index (χ1v) is 7.95. The lowest BCUT2D eigenvalue weighted by Crippen LogP contribution is -2.20. The van der Waals surface area contributed by atoms with Crippen molar-refractivity contribution in [1.29, 1.82) is 0 Å². The minimum atomic E-state index is -0.206. The Morgan fingerprint density at radius 1 is 1.04 bits per heavy atom. The number of carbonyl (C=O) groups excluding carboxylic acids is 1. The number of benzene rings is 2. The zero-order chi connectivity index (χ0) is 17.4. The Labute approximate surface area is 143 Å². The molecule has 0 aliphatic heterocycles. The van der Waals surface area contributed by atoms with Crippen molar-refractivity contribution in [2.75, 3.05) is 18.5 Å². The average Bonchev–Trinajstić information content (AvgIpc) is 2.59. The molecule has 2 aromatic carbocycles. The van der Waals surface area contributed by atoms with Gasteiger partial charge in [-0.1, -0.05) is 38.6 Å². The largest absolute Gasteiger partial charge is 0.490 e. The lowest BCUT2D eigenvalue weighted by Gasteiger charge is -2.10. The van der Waals surface area contributed by atoms with E-state index in [-0.39, 0.29) is 12.5 Å². The van der Waals surface area contributed by atoms with Crippen molar-refractivity contribution in [3.8, 4) is 11.5 Å². The molecule has 2 rings (SSSR count). The molecule has 0 fully saturated rings. The van der Waals surface area contributed by atoms with Gasteiger partial charge in [-0.2, -0.15) is 0 Å². The summed E-state index contributed by atoms with van der Waals surface area (Å²) in [6.07, 6.45) is 1.68. The van der Waals surface area contributed by atoms with E-state index in [2.05, 4.69) is 25.7 Å². The monoisotopic (exact) mass is 325 g/mol. The minimum Gasteiger partial charge on any atom is -0.490 e. The van der Waals surface area contributed by atoms with E-state index in [1.807, 2.05) is 24.3 Å². The van der Waals surface area contributed by atoms with Gasteiger partial charge in [-0.15, -0.1) is 0 Å². The molecule has 0 heterocycles. The highest BCUT2D eigenvalue weighted by Crippen LogP contribution is 2.19. The molecule has 1 amide bonds. The molecule has 126 valence electrons. The Kier molecular flexibility index (Phi) is 6.43. The summed E-state index contributed by atoms with van der Waals surface area (Å²) in [6, 6.07) is 15.0. The number of hydrogen-bond acceptors (Lipinski definition) is 3. The van der Waals surface area contributed by atoms with Gasteiger partial charge in [0.25, 0.3) is 5.91 Å². The Balaban J connectivity index is 1.81. The van der Waals surface area contributed by atoms with Crippen molar-refractivity contribution < 1.29 is 14.3 Å². The first-order valence-electron chi connectivity index (χ1n) is 7.95. The SMILES string of the molecule is C=CCOc1ccc(NC(=O)COc2ccc(C(C)C)cc2)cc1. The van der Waals surface area contributed by atoms with Crippen LogP contribution in [0.25, 0.3) is 0 Å². The van der Waals surface area contributed by atoms with E-state index in [1.165, 1.54) is 5.56 Å². The summed E-state index contributed by atoms with van der Waals surface area (Å²) in [4.78, 5) is 11.9. The molecule has 0 spiro atoms. The molecule has 0 radical (unpaired) electrons. The number of anilines is 1. The Morgan fingerprint density at radius 3 is 2.21 bits per heavy atom. The highest BCUT2D eigenvalue weighted by molar-refractivity contribution is 5.91. The van der Waals surface area contributed by atoms with Crippen LogP contribution in [0.1, 0.15) is 25.3 Å². The van der Waals surface area contributed by atoms with Crippen LogP contribution in [0.3, 0.4) is 0 Å². The van der Waals surface area contributed by atoms with E-state index in [1.54, 1.807) is 30.3 Å². The van der Waals surface area contributed by atoms with Crippen molar-refractivity contribution in [3.63, 3.8) is 0 Å². The standard InChI is InChI=1S/C20H23NO3/c1-4-13-23-18-11-7-17(8-12-18)21-20(22)14-24-19-9-5-16(6-10-19)15(2)3/h4-12,15H,1,13-14H2,2-3H3,(H,21,22). The normalized spacial score (nSPS) is 10.3. The summed E-state index contributed by atoms with van der Waals surface area (Å²) in [7, 11) is 0. The fourth-order valence-corrected chi connectivity index (χ4v) is 2.08. The van der Waals surface area contributed by atoms with Crippen LogP contribution < -0.4 is 14.8 Å². The van der Waals surface area contributed by atoms with Gasteiger partial charge in [0.15, 0.2) is 6.61 Å². The molecule has 2 aromatic rings. The first-order chi connectivity index (χ1) is 11.6. The molecule has 4 nitrogen and oxygen atoms in total. The van der Waals surface area contributed by atoms with Gasteiger partial charge in [0.2, 0.25) is 0 Å². The fraction of sp³-hybridized carbons (Fsp3) is 0.250. The van der Waals surface area contributed by atoms with Crippen molar-refractivity contribution in [3.05, 3.63) is 66.7 Å². The van der Waals surface area contributed by atoms with E-state index < -0.39 is 0 Å². The van der Waals surface area contributed by atoms with Crippen molar-refractivity contribution >= 4 is 11.6 Å². The summed E-state index contributed by atoms with van der Waals surface area (Å²) in [5.74, 6) is 1.68. The molecule has 0 bridgehead atoms. The zero-order valence-corrected chi connectivity index (χ0v) is 14.1. The molecule has 0 saturated carbocycles. The molecular formula is C20H23NO3. The van der Waals surface area contributed by atoms with Crippen molar-refractivity contribution in [2.24, 2.45) is 0 Å². The van der Waals surface area contributed by atoms with Gasteiger partial charge >= 0.3 is 0 Å². The van der Waals surface area contributed by atoms with Crippen LogP contribution in [0, 0.1) is 0 Å². The quantitative estimate of drug-likeness (QED) is 0.732. The van der Waals surface area contributed by atoms with Crippen LogP contribution in [0.15, 0.2) is 61.2 Å². The van der Waals surface area contributed by atoms with Gasteiger partial charge in [0.05, 0.1) is 0 Å². The summed E-state index contributed by atoms with van der Waals surface area (Å²) in [5, 5.41) is 2.79. The third-order valence-electron chi connectivity index (χ3n) is 3.42. The Morgan fingerprint density at radius 2 is 1.62 bits per heavy atom. The molecule has 0 aromatic heterocycles. The van der Waals surface area contributed by atoms with Crippen molar-refractivity contribution in [1.82, 2.24) is 0 Å². The summed E-state index contributed by atoms with van der Waals surface area (Å²) in [5.41, 5.74) is 1.94. The van der Waals surface area contributed by atoms with E-state index in [9.17, 15) is 4.79 Å². The van der Waals surface area contributed by atoms with E-state index in [0.29, 0.717) is 24.0 Å². The van der Waals surface area contributed by atoms with Crippen LogP contribution in [0.2, 0.25) is 0 Å². The maximum Gasteiger partial charge on any atom is 0.262 e. The predicted octanol–water partition coefficient (Wildman–Crippen LogP) is 4.39. The third kappa shape index (κ3) is 5.47. The number of amides is 1. The number of rotatable bonds is 8. The first kappa shape index (κ1) is 17.6. The highest BCUT2D eigenvalue weighted by Gasteiger charge is 2.05. The second kappa shape index (κ2) is 8.77. The molecule has 0 aliphatic rings. The Bertz CT molecular complexity index is 660. The molecule has 4 heteroatoms. The number of carbonyl (C=O) groups is 1. The van der Waals surface area contributed by atoms with Crippen molar-refractivity contribution in [2.45, 2.75) is 19.8 Å². The van der Waals surface area contributed by atoms with E-state index in [4.69, 9.17) is 9.47 Å². The maximum atomic E-state index is 11.9. The highest BCUT2D eigenvalue weighted by atomic mass is 16.5. The molecule has 0 atom stereocenters. The molecule has 24 heavy (non-hydrogen) atoms. The maximum absolute atomic E-state index is 11.9. The van der Waals surface area contributed by atoms with Crippen LogP contribution in [0.4, 0.5) is 5.69 Å². The number of hydrogen-bond donors (Lipinski definition) is 1. The molecule has 0 saturated heterocycles. The summed E-state index contributed by atoms with van der Waals surface area (Å²) >= 11 is 0. The molecular weight excluding hydrogens is 302 g/mol. The zero-order valence-electron chi connectivity index (χ0n) is 14.1. The lowest BCUT2D eigenvalue weighted by molar-refractivity contribution is -0.118. The van der Waals surface area contributed by atoms with Gasteiger partial charge in [-0.3, -0.25) is 4.79 Å². The van der Waals surface area contributed by atoms with Crippen LogP contribution in [0.5, 0.6) is 11.5 Å². The van der Waals surface area contributed by atoms with Crippen LogP contribution >= 0.6 is 0 Å². The van der Waals surface area contributed by atoms with Gasteiger partial charge in [-0.05, 0) is 47.9 Å². The summed E-state index contributed by atoms with van der Waals surface area (Å²) in [6.45, 7) is 8.29. The second-order valence-corrected chi connectivity index (χ2v) is 5.68. The van der Waals surface area contributed by atoms with E-state index >= 15 is 0 Å². The molecule has 0 unspecified atom stereocenters. The second-order valence-electron chi connectivity index (χ2n) is 5.68. The average molecular weight is 325 g/mol. The van der Waals surface area contributed by atoms with Gasteiger partial charge < -0.3 is 14.8 Å². The smallest absolute Gasteiger partial charge is 0.262 e. The topological polar surface area (TPSA) is 47.6 Å². The van der Waals surface area contributed by atoms with Gasteiger partial charge in [0, 0.05) is 5.69 Å². The van der Waals surface area contributed by atoms with Crippen LogP contribution in [-0.2, 0) is 4.79 Å². The van der Waals surface area contributed by atoms with E-state index in [0.717, 1.165) is 5.75 Å². The molecule has 0 aliphatic carbocycles. The third-order valence-corrected chi connectivity index (χ3v) is 3.42. The minimum absolute atomic E-state index is 0.0320. The van der Waals surface area contributed by atoms with Gasteiger partial charge in [0.1, 0.15) is 18.1 Å². The number of ether oxygens (including phenoxy) is 2. The number of nitrogens with one attached hydrogen (secondary N) is 1. The predicted molar refractivity (Wildman–Crippen MR) is 96.8 cm³/mol. The fourth-order valence-electron chi connectivity index (χ4n) is 2.08. The molecule has 1 N–H and O–H groups in total. The van der Waals surface area contributed by atoms with Crippen LogP contribution in [-0.4, -0.2) is 19.1 Å². The van der Waals surface area contributed by atoms with Gasteiger partial charge in [-0.25, -0.2) is 0 Å².